The van der Waals surface area contributed by atoms with Crippen LogP contribution < -0.4 is 15.9 Å². The number of para-hydroxylation sites is 1. The standard InChI is InChI=1S/C23H28BN3O2Si/c1-5-30(6-2,7-3)22-16-17(23(28)29-4)12-13-19(22)24-26-20-11-9-8-10-18(20)21-14-15-25-27(21)24/h8-16,26H,5-7H2,1-4H3. The van der Waals surface area contributed by atoms with Gasteiger partial charge in [-0.25, -0.2) is 4.79 Å². The molecule has 1 aliphatic heterocycles. The minimum atomic E-state index is -1.79. The summed E-state index contributed by atoms with van der Waals surface area (Å²) in [7, 11) is -0.353. The SMILES string of the molecule is CC[Si](CC)(CC)c1cc(C(=O)OC)ccc1B1Nc2ccccc2-c2ccnn21. The van der Waals surface area contributed by atoms with Crippen LogP contribution in [-0.4, -0.2) is 37.8 Å². The molecule has 0 bridgehead atoms. The Balaban J connectivity index is 1.92. The number of benzene rings is 2. The van der Waals surface area contributed by atoms with E-state index in [-0.39, 0.29) is 13.0 Å². The van der Waals surface area contributed by atoms with E-state index in [9.17, 15) is 4.79 Å². The summed E-state index contributed by atoms with van der Waals surface area (Å²) in [6.07, 6.45) is 1.86. The number of nitrogens with one attached hydrogen (secondary N) is 1. The van der Waals surface area contributed by atoms with E-state index in [0.29, 0.717) is 5.56 Å². The molecule has 7 heteroatoms. The first kappa shape index (κ1) is 20.5. The van der Waals surface area contributed by atoms with E-state index in [4.69, 9.17) is 4.74 Å². The van der Waals surface area contributed by atoms with Crippen molar-refractivity contribution in [3.63, 3.8) is 0 Å². The lowest BCUT2D eigenvalue weighted by Crippen LogP contribution is -2.62. The fraction of sp³-hybridized carbons (Fsp3) is 0.304. The Morgan fingerprint density at radius 1 is 1.10 bits per heavy atom. The van der Waals surface area contributed by atoms with Crippen molar-refractivity contribution in [1.29, 1.82) is 0 Å². The van der Waals surface area contributed by atoms with Gasteiger partial charge in [0.1, 0.15) is 0 Å². The summed E-state index contributed by atoms with van der Waals surface area (Å²) in [5.41, 5.74) is 5.20. The van der Waals surface area contributed by atoms with Gasteiger partial charge in [-0.1, -0.05) is 68.4 Å². The van der Waals surface area contributed by atoms with Gasteiger partial charge in [0.15, 0.2) is 0 Å². The fourth-order valence-corrected chi connectivity index (χ4v) is 8.74. The third-order valence-electron chi connectivity index (χ3n) is 6.78. The quantitative estimate of drug-likeness (QED) is 0.491. The van der Waals surface area contributed by atoms with Crippen LogP contribution in [0.2, 0.25) is 18.1 Å². The smallest absolute Gasteiger partial charge is 0.430 e. The number of hydrogen-bond acceptors (Lipinski definition) is 4. The third-order valence-corrected chi connectivity index (χ3v) is 12.4. The molecule has 0 saturated heterocycles. The molecule has 0 saturated carbocycles. The molecule has 1 aromatic heterocycles. The van der Waals surface area contributed by atoms with Gasteiger partial charge in [-0.05, 0) is 29.7 Å². The van der Waals surface area contributed by atoms with Crippen molar-refractivity contribution in [1.82, 2.24) is 9.69 Å². The minimum Gasteiger partial charge on any atom is -0.465 e. The average molecular weight is 417 g/mol. The predicted octanol–water partition coefficient (Wildman–Crippen LogP) is 3.72. The van der Waals surface area contributed by atoms with E-state index in [1.54, 1.807) is 0 Å². The van der Waals surface area contributed by atoms with Crippen LogP contribution in [0.5, 0.6) is 0 Å². The van der Waals surface area contributed by atoms with E-state index in [2.05, 4.69) is 78.2 Å². The Labute approximate surface area is 179 Å². The minimum absolute atomic E-state index is 0.108. The summed E-state index contributed by atoms with van der Waals surface area (Å²) >= 11 is 0. The first-order chi connectivity index (χ1) is 14.6. The molecule has 0 spiro atoms. The normalized spacial score (nSPS) is 12.7. The second kappa shape index (κ2) is 8.14. The Morgan fingerprint density at radius 2 is 1.83 bits per heavy atom. The lowest BCUT2D eigenvalue weighted by Gasteiger charge is -2.34. The molecule has 1 N–H and O–H groups in total. The van der Waals surface area contributed by atoms with E-state index in [0.717, 1.165) is 35.1 Å². The van der Waals surface area contributed by atoms with Crippen LogP contribution in [0.1, 0.15) is 31.1 Å². The van der Waals surface area contributed by atoms with E-state index < -0.39 is 8.07 Å². The number of carbonyl (C=O) groups excluding carboxylic acids is 1. The van der Waals surface area contributed by atoms with Crippen molar-refractivity contribution in [3.8, 4) is 11.3 Å². The zero-order chi connectivity index (χ0) is 21.3. The largest absolute Gasteiger partial charge is 0.465 e. The molecule has 0 unspecified atom stereocenters. The highest BCUT2D eigenvalue weighted by molar-refractivity contribution is 6.96. The van der Waals surface area contributed by atoms with E-state index >= 15 is 0 Å². The molecule has 0 amide bonds. The molecule has 0 fully saturated rings. The summed E-state index contributed by atoms with van der Waals surface area (Å²) in [6.45, 7) is 6.76. The van der Waals surface area contributed by atoms with Crippen molar-refractivity contribution >= 4 is 37.4 Å². The number of nitrogens with zero attached hydrogens (tertiary/aromatic N) is 2. The van der Waals surface area contributed by atoms with Gasteiger partial charge in [0, 0.05) is 17.4 Å². The van der Waals surface area contributed by atoms with Crippen molar-refractivity contribution in [2.45, 2.75) is 38.9 Å². The van der Waals surface area contributed by atoms with Gasteiger partial charge in [0.05, 0.1) is 26.4 Å². The van der Waals surface area contributed by atoms with Gasteiger partial charge in [0.2, 0.25) is 0 Å². The number of fused-ring (bicyclic) bond motifs is 3. The van der Waals surface area contributed by atoms with Crippen molar-refractivity contribution < 1.29 is 9.53 Å². The molecule has 4 rings (SSSR count). The van der Waals surface area contributed by atoms with Crippen LogP contribution in [0.3, 0.4) is 0 Å². The molecule has 0 atom stereocenters. The van der Waals surface area contributed by atoms with Crippen LogP contribution in [0.25, 0.3) is 11.3 Å². The first-order valence-electron chi connectivity index (χ1n) is 10.7. The zero-order valence-electron chi connectivity index (χ0n) is 18.1. The topological polar surface area (TPSA) is 56.1 Å². The van der Waals surface area contributed by atoms with Gasteiger partial charge in [-0.2, -0.15) is 5.10 Å². The second-order valence-corrected chi connectivity index (χ2v) is 13.1. The van der Waals surface area contributed by atoms with Crippen LogP contribution in [0, 0.1) is 0 Å². The van der Waals surface area contributed by atoms with Crippen molar-refractivity contribution in [2.24, 2.45) is 0 Å². The number of rotatable bonds is 6. The molecule has 154 valence electrons. The lowest BCUT2D eigenvalue weighted by atomic mass is 9.66. The number of methoxy groups -OCH3 is 1. The van der Waals surface area contributed by atoms with Crippen molar-refractivity contribution in [3.05, 3.63) is 60.3 Å². The molecule has 0 radical (unpaired) electrons. The molecular formula is C23H28BN3O2Si. The Hall–Kier alpha value is -2.80. The second-order valence-electron chi connectivity index (χ2n) is 7.89. The molecule has 2 aromatic carbocycles. The maximum atomic E-state index is 12.3. The highest BCUT2D eigenvalue weighted by Crippen LogP contribution is 2.32. The summed E-state index contributed by atoms with van der Waals surface area (Å²) in [6, 6.07) is 19.9. The lowest BCUT2D eigenvalue weighted by molar-refractivity contribution is 0.0601. The number of hydrogen-bond donors (Lipinski definition) is 1. The molecule has 1 aliphatic rings. The highest BCUT2D eigenvalue weighted by Gasteiger charge is 2.38. The van der Waals surface area contributed by atoms with Gasteiger partial charge in [-0.3, -0.25) is 4.59 Å². The first-order valence-corrected chi connectivity index (χ1v) is 13.3. The molecule has 2 heterocycles. The maximum absolute atomic E-state index is 12.3. The Bertz CT molecular complexity index is 1070. The Morgan fingerprint density at radius 3 is 2.53 bits per heavy atom. The highest BCUT2D eigenvalue weighted by atomic mass is 28.3. The monoisotopic (exact) mass is 417 g/mol. The summed E-state index contributed by atoms with van der Waals surface area (Å²) in [4.78, 5) is 12.3. The van der Waals surface area contributed by atoms with Crippen LogP contribution in [0.4, 0.5) is 5.69 Å². The zero-order valence-corrected chi connectivity index (χ0v) is 19.1. The number of esters is 1. The average Bonchev–Trinajstić information content (AvgIpc) is 3.30. The van der Waals surface area contributed by atoms with E-state index in [1.807, 2.05) is 12.3 Å². The number of aromatic nitrogens is 2. The molecule has 30 heavy (non-hydrogen) atoms. The van der Waals surface area contributed by atoms with Crippen LogP contribution in [0.15, 0.2) is 54.7 Å². The summed E-state index contributed by atoms with van der Waals surface area (Å²) < 4.78 is 7.09. The summed E-state index contributed by atoms with van der Waals surface area (Å²) in [5.74, 6) is -0.282. The summed E-state index contributed by atoms with van der Waals surface area (Å²) in [5, 5.41) is 9.71. The van der Waals surface area contributed by atoms with Gasteiger partial charge < -0.3 is 9.96 Å². The van der Waals surface area contributed by atoms with E-state index in [1.165, 1.54) is 17.8 Å². The molecular weight excluding hydrogens is 389 g/mol. The number of ether oxygens (including phenoxy) is 1. The van der Waals surface area contributed by atoms with Gasteiger partial charge in [-0.15, -0.1) is 0 Å². The Kier molecular flexibility index (Phi) is 5.56. The van der Waals surface area contributed by atoms with Gasteiger partial charge in [0.25, 0.3) is 0 Å². The molecule has 0 aliphatic carbocycles. The number of anilines is 1. The third kappa shape index (κ3) is 3.17. The van der Waals surface area contributed by atoms with Gasteiger partial charge >= 0.3 is 13.0 Å². The molecule has 5 nitrogen and oxygen atoms in total. The van der Waals surface area contributed by atoms with Crippen molar-refractivity contribution in [2.75, 3.05) is 12.3 Å². The van der Waals surface area contributed by atoms with Crippen LogP contribution >= 0.6 is 0 Å². The molecule has 3 aromatic rings. The predicted molar refractivity (Wildman–Crippen MR) is 127 cm³/mol. The van der Waals surface area contributed by atoms with Crippen LogP contribution in [-0.2, 0) is 4.74 Å². The number of carbonyl (C=O) groups is 1. The maximum Gasteiger partial charge on any atom is 0.430 e. The fourth-order valence-electron chi connectivity index (χ4n) is 4.80.